The quantitative estimate of drug-likeness (QED) is 0.515. The van der Waals surface area contributed by atoms with Crippen molar-refractivity contribution in [2.75, 3.05) is 0 Å². The molecule has 0 bridgehead atoms. The lowest BCUT2D eigenvalue weighted by molar-refractivity contribution is -0.128. The molecule has 0 spiro atoms. The molecule has 2 aromatic heterocycles. The van der Waals surface area contributed by atoms with E-state index in [0.717, 1.165) is 18.5 Å². The summed E-state index contributed by atoms with van der Waals surface area (Å²) >= 11 is 6.52. The van der Waals surface area contributed by atoms with Crippen LogP contribution in [0.1, 0.15) is 42.8 Å². The second-order valence-corrected chi connectivity index (χ2v) is 7.78. The molecule has 1 saturated carbocycles. The van der Waals surface area contributed by atoms with Crippen LogP contribution in [-0.4, -0.2) is 31.6 Å². The molecule has 1 amide bonds. The van der Waals surface area contributed by atoms with Gasteiger partial charge < -0.3 is 4.90 Å². The molecule has 30 heavy (non-hydrogen) atoms. The summed E-state index contributed by atoms with van der Waals surface area (Å²) in [5, 5.41) is 4.81. The van der Waals surface area contributed by atoms with Crippen LogP contribution in [0.4, 0.5) is 4.39 Å². The number of halogens is 2. The first-order valence-corrected chi connectivity index (χ1v) is 10.3. The van der Waals surface area contributed by atoms with Gasteiger partial charge in [0.25, 0.3) is 0 Å². The van der Waals surface area contributed by atoms with Crippen molar-refractivity contribution in [2.45, 2.75) is 38.8 Å². The molecule has 0 saturated heterocycles. The van der Waals surface area contributed by atoms with Crippen LogP contribution in [0.5, 0.6) is 0 Å². The molecule has 0 N–H and O–H groups in total. The molecule has 1 aromatic carbocycles. The predicted octanol–water partition coefficient (Wildman–Crippen LogP) is 5.13. The number of hydrogen-bond donors (Lipinski definition) is 0. The summed E-state index contributed by atoms with van der Waals surface area (Å²) in [4.78, 5) is 19.3. The van der Waals surface area contributed by atoms with Crippen molar-refractivity contribution in [2.24, 2.45) is 0 Å². The fraction of sp³-hybridized carbons (Fsp3) is 0.261. The summed E-state index contributed by atoms with van der Waals surface area (Å²) in [6, 6.07) is 11.8. The maximum Gasteiger partial charge on any atom is 0.247 e. The van der Waals surface area contributed by atoms with E-state index in [-0.39, 0.29) is 23.8 Å². The Labute approximate surface area is 179 Å². The van der Waals surface area contributed by atoms with Gasteiger partial charge in [0.2, 0.25) is 5.91 Å². The summed E-state index contributed by atoms with van der Waals surface area (Å²) in [5.41, 5.74) is 2.86. The first-order valence-electron chi connectivity index (χ1n) is 9.88. The lowest BCUT2D eigenvalue weighted by Crippen LogP contribution is -2.34. The van der Waals surface area contributed by atoms with Gasteiger partial charge in [-0.1, -0.05) is 17.7 Å². The molecule has 3 aromatic rings. The second-order valence-electron chi connectivity index (χ2n) is 7.42. The third kappa shape index (κ3) is 4.14. The van der Waals surface area contributed by atoms with Crippen molar-refractivity contribution < 1.29 is 9.18 Å². The van der Waals surface area contributed by atoms with Gasteiger partial charge in [-0.2, -0.15) is 5.10 Å². The summed E-state index contributed by atoms with van der Waals surface area (Å²) in [6.45, 7) is 3.82. The number of pyridine rings is 1. The number of rotatable bonds is 6. The average molecular weight is 425 g/mol. The summed E-state index contributed by atoms with van der Waals surface area (Å²) in [5.74, 6) is -0.410. The van der Waals surface area contributed by atoms with Crippen molar-refractivity contribution >= 4 is 23.6 Å². The van der Waals surface area contributed by atoms with Gasteiger partial charge in [0, 0.05) is 23.9 Å². The van der Waals surface area contributed by atoms with Gasteiger partial charge in [0.1, 0.15) is 11.0 Å². The minimum atomic E-state index is -0.327. The van der Waals surface area contributed by atoms with Crippen molar-refractivity contribution in [3.05, 3.63) is 82.7 Å². The van der Waals surface area contributed by atoms with Crippen LogP contribution in [0.25, 0.3) is 11.8 Å². The Hall–Kier alpha value is -2.99. The minimum absolute atomic E-state index is 0.0827. The van der Waals surface area contributed by atoms with Crippen LogP contribution in [0, 0.1) is 12.7 Å². The maximum atomic E-state index is 13.2. The zero-order valence-electron chi connectivity index (χ0n) is 16.8. The van der Waals surface area contributed by atoms with E-state index in [4.69, 9.17) is 11.6 Å². The third-order valence-corrected chi connectivity index (χ3v) is 5.60. The third-order valence-electron chi connectivity index (χ3n) is 5.24. The van der Waals surface area contributed by atoms with Crippen molar-refractivity contribution in [1.29, 1.82) is 0 Å². The van der Waals surface area contributed by atoms with Gasteiger partial charge in [-0.25, -0.2) is 9.07 Å². The number of amides is 1. The molecular formula is C23H22ClFN4O. The molecule has 0 radical (unpaired) electrons. The Kier molecular flexibility index (Phi) is 5.68. The molecule has 2 heterocycles. The Balaban J connectivity index is 1.58. The largest absolute Gasteiger partial charge is 0.328 e. The number of aromatic nitrogens is 3. The van der Waals surface area contributed by atoms with E-state index in [1.807, 2.05) is 36.9 Å². The standard InChI is InChI=1S/C23H22ClFN4O/c1-15-20(23(24)29(27-15)19-8-6-17(25)7-9-19)12-13-22(30)28(18-10-11-18)16(2)21-5-3-4-14-26-21/h3-9,12-14,16,18H,10-11H2,1-2H3/b13-12+. The Bertz CT molecular complexity index is 1070. The fourth-order valence-electron chi connectivity index (χ4n) is 3.50. The number of benzene rings is 1. The molecular weight excluding hydrogens is 403 g/mol. The number of carbonyl (C=O) groups is 1. The van der Waals surface area contributed by atoms with Crippen LogP contribution < -0.4 is 0 Å². The van der Waals surface area contributed by atoms with Crippen molar-refractivity contribution in [1.82, 2.24) is 19.7 Å². The zero-order valence-corrected chi connectivity index (χ0v) is 17.6. The highest BCUT2D eigenvalue weighted by Crippen LogP contribution is 2.34. The average Bonchev–Trinajstić information content (AvgIpc) is 3.54. The molecule has 0 aliphatic heterocycles. The number of aryl methyl sites for hydroxylation is 1. The lowest BCUT2D eigenvalue weighted by Gasteiger charge is -2.28. The Morgan fingerprint density at radius 2 is 2.00 bits per heavy atom. The maximum absolute atomic E-state index is 13.2. The van der Waals surface area contributed by atoms with Crippen LogP contribution in [0.3, 0.4) is 0 Å². The van der Waals surface area contributed by atoms with E-state index in [0.29, 0.717) is 22.1 Å². The van der Waals surface area contributed by atoms with E-state index >= 15 is 0 Å². The highest BCUT2D eigenvalue weighted by molar-refractivity contribution is 6.31. The molecule has 1 fully saturated rings. The molecule has 1 unspecified atom stereocenters. The number of hydrogen-bond acceptors (Lipinski definition) is 3. The molecule has 7 heteroatoms. The molecule has 1 atom stereocenters. The topological polar surface area (TPSA) is 51.0 Å². The minimum Gasteiger partial charge on any atom is -0.328 e. The molecule has 4 rings (SSSR count). The second kappa shape index (κ2) is 8.40. The van der Waals surface area contributed by atoms with Gasteiger partial charge in [0.15, 0.2) is 0 Å². The zero-order chi connectivity index (χ0) is 21.3. The normalized spacial score (nSPS) is 14.8. The molecule has 1 aliphatic carbocycles. The van der Waals surface area contributed by atoms with Crippen molar-refractivity contribution in [3.63, 3.8) is 0 Å². The van der Waals surface area contributed by atoms with Gasteiger partial charge in [-0.05, 0) is 69.2 Å². The van der Waals surface area contributed by atoms with Gasteiger partial charge in [-0.15, -0.1) is 0 Å². The monoisotopic (exact) mass is 424 g/mol. The van der Waals surface area contributed by atoms with E-state index in [1.54, 1.807) is 30.5 Å². The highest BCUT2D eigenvalue weighted by atomic mass is 35.5. The van der Waals surface area contributed by atoms with Crippen LogP contribution in [0.15, 0.2) is 54.7 Å². The highest BCUT2D eigenvalue weighted by Gasteiger charge is 2.35. The number of nitrogens with zero attached hydrogens (tertiary/aromatic N) is 4. The molecule has 154 valence electrons. The summed E-state index contributed by atoms with van der Waals surface area (Å²) in [7, 11) is 0. The Morgan fingerprint density at radius 1 is 1.27 bits per heavy atom. The van der Waals surface area contributed by atoms with Crippen LogP contribution in [0.2, 0.25) is 5.15 Å². The SMILES string of the molecule is Cc1nn(-c2ccc(F)cc2)c(Cl)c1/C=C/C(=O)N(C1CC1)C(C)c1ccccn1. The van der Waals surface area contributed by atoms with E-state index < -0.39 is 0 Å². The summed E-state index contributed by atoms with van der Waals surface area (Å²) in [6.07, 6.45) is 6.98. The van der Waals surface area contributed by atoms with Gasteiger partial charge in [-0.3, -0.25) is 9.78 Å². The molecule has 1 aliphatic rings. The van der Waals surface area contributed by atoms with Crippen molar-refractivity contribution in [3.8, 4) is 5.69 Å². The first kappa shape index (κ1) is 20.3. The van der Waals surface area contributed by atoms with Crippen LogP contribution in [-0.2, 0) is 4.79 Å². The lowest BCUT2D eigenvalue weighted by atomic mass is 10.1. The fourth-order valence-corrected chi connectivity index (χ4v) is 3.84. The number of carbonyl (C=O) groups excluding carboxylic acids is 1. The van der Waals surface area contributed by atoms with E-state index in [2.05, 4.69) is 10.1 Å². The van der Waals surface area contributed by atoms with Crippen LogP contribution >= 0.6 is 11.6 Å². The molecule has 5 nitrogen and oxygen atoms in total. The van der Waals surface area contributed by atoms with E-state index in [1.165, 1.54) is 16.8 Å². The smallest absolute Gasteiger partial charge is 0.247 e. The summed E-state index contributed by atoms with van der Waals surface area (Å²) < 4.78 is 14.7. The predicted molar refractivity (Wildman–Crippen MR) is 115 cm³/mol. The Morgan fingerprint density at radius 3 is 2.63 bits per heavy atom. The van der Waals surface area contributed by atoms with Gasteiger partial charge >= 0.3 is 0 Å². The first-order chi connectivity index (χ1) is 14.5. The van der Waals surface area contributed by atoms with Gasteiger partial charge in [0.05, 0.1) is 23.1 Å². The van der Waals surface area contributed by atoms with E-state index in [9.17, 15) is 9.18 Å².